The van der Waals surface area contributed by atoms with Crippen molar-refractivity contribution in [1.29, 1.82) is 0 Å². The van der Waals surface area contributed by atoms with Gasteiger partial charge in [0.25, 0.3) is 0 Å². The van der Waals surface area contributed by atoms with Crippen LogP contribution in [0.3, 0.4) is 0 Å². The molecule has 1 saturated carbocycles. The first-order chi connectivity index (χ1) is 9.55. The van der Waals surface area contributed by atoms with Gasteiger partial charge in [0.15, 0.2) is 0 Å². The van der Waals surface area contributed by atoms with Crippen molar-refractivity contribution in [2.24, 2.45) is 11.1 Å². The second-order valence-corrected chi connectivity index (χ2v) is 8.49. The molecule has 2 nitrogen and oxygen atoms in total. The Bertz CT molecular complexity index is 465. The number of nitrogens with two attached hydrogens (primary N) is 1. The molecule has 0 spiro atoms. The fourth-order valence-corrected chi connectivity index (χ4v) is 4.91. The molecule has 2 N–H and O–H groups in total. The molecule has 1 aromatic rings. The number of hydrogen-bond donors (Lipinski definition) is 1. The molecule has 3 rings (SSSR count). The smallest absolute Gasteiger partial charge is 0.0335 e. The summed E-state index contributed by atoms with van der Waals surface area (Å²) < 4.78 is 0. The van der Waals surface area contributed by atoms with E-state index in [0.29, 0.717) is 5.41 Å². The van der Waals surface area contributed by atoms with Gasteiger partial charge in [-0.05, 0) is 54.5 Å². The summed E-state index contributed by atoms with van der Waals surface area (Å²) >= 11 is 1.93. The lowest BCUT2D eigenvalue weighted by molar-refractivity contribution is 0.0624. The van der Waals surface area contributed by atoms with Crippen LogP contribution in [0.4, 0.5) is 0 Å². The highest BCUT2D eigenvalue weighted by atomic mass is 32.1. The minimum Gasteiger partial charge on any atom is -0.329 e. The van der Waals surface area contributed by atoms with Crippen molar-refractivity contribution in [2.45, 2.75) is 64.5 Å². The van der Waals surface area contributed by atoms with Gasteiger partial charge >= 0.3 is 0 Å². The van der Waals surface area contributed by atoms with Gasteiger partial charge in [-0.25, -0.2) is 0 Å². The highest BCUT2D eigenvalue weighted by Crippen LogP contribution is 2.42. The van der Waals surface area contributed by atoms with E-state index in [-0.39, 0.29) is 5.54 Å². The van der Waals surface area contributed by atoms with Crippen molar-refractivity contribution in [3.63, 3.8) is 0 Å². The minimum absolute atomic E-state index is 0.257. The van der Waals surface area contributed by atoms with Gasteiger partial charge in [0, 0.05) is 30.1 Å². The van der Waals surface area contributed by atoms with E-state index in [4.69, 9.17) is 5.73 Å². The molecule has 20 heavy (non-hydrogen) atoms. The lowest BCUT2D eigenvalue weighted by atomic mass is 9.82. The molecule has 0 aromatic carbocycles. The summed E-state index contributed by atoms with van der Waals surface area (Å²) in [6.45, 7) is 7.99. The van der Waals surface area contributed by atoms with Crippen LogP contribution in [0.25, 0.3) is 0 Å². The minimum atomic E-state index is 0.257. The first kappa shape index (κ1) is 14.6. The third kappa shape index (κ3) is 2.68. The number of nitrogens with zero attached hydrogens (tertiary/aromatic N) is 1. The van der Waals surface area contributed by atoms with Gasteiger partial charge in [-0.2, -0.15) is 0 Å². The third-order valence-electron chi connectivity index (χ3n) is 5.62. The maximum atomic E-state index is 6.28. The third-order valence-corrected chi connectivity index (χ3v) is 6.64. The van der Waals surface area contributed by atoms with Crippen LogP contribution in [0.2, 0.25) is 0 Å². The molecule has 3 heteroatoms. The topological polar surface area (TPSA) is 29.3 Å². The Morgan fingerprint density at radius 2 is 2.10 bits per heavy atom. The van der Waals surface area contributed by atoms with Crippen molar-refractivity contribution >= 4 is 11.3 Å². The lowest BCUT2D eigenvalue weighted by Crippen LogP contribution is -2.55. The summed E-state index contributed by atoms with van der Waals surface area (Å²) in [7, 11) is 0. The van der Waals surface area contributed by atoms with Gasteiger partial charge < -0.3 is 5.73 Å². The molecule has 0 amide bonds. The maximum Gasteiger partial charge on any atom is 0.0335 e. The van der Waals surface area contributed by atoms with E-state index < -0.39 is 0 Å². The quantitative estimate of drug-likeness (QED) is 0.840. The van der Waals surface area contributed by atoms with Crippen LogP contribution in [-0.4, -0.2) is 23.5 Å². The van der Waals surface area contributed by atoms with Gasteiger partial charge in [0.1, 0.15) is 0 Å². The average molecular weight is 292 g/mol. The van der Waals surface area contributed by atoms with Gasteiger partial charge in [0.05, 0.1) is 0 Å². The zero-order valence-electron chi connectivity index (χ0n) is 13.0. The lowest BCUT2D eigenvalue weighted by Gasteiger charge is -2.45. The van der Waals surface area contributed by atoms with Gasteiger partial charge in [-0.1, -0.05) is 20.3 Å². The number of rotatable bonds is 2. The van der Waals surface area contributed by atoms with Crippen LogP contribution in [0.1, 0.15) is 56.4 Å². The Hall–Kier alpha value is -0.380. The second-order valence-electron chi connectivity index (χ2n) is 7.49. The number of fused-ring (bicyclic) bond motifs is 1. The monoisotopic (exact) mass is 292 g/mol. The van der Waals surface area contributed by atoms with Gasteiger partial charge in [0.2, 0.25) is 0 Å². The first-order valence-corrected chi connectivity index (χ1v) is 8.93. The van der Waals surface area contributed by atoms with Crippen molar-refractivity contribution in [3.8, 4) is 0 Å². The fraction of sp³-hybridized carbons (Fsp3) is 0.765. The van der Waals surface area contributed by atoms with Gasteiger partial charge in [-0.15, -0.1) is 11.3 Å². The molecule has 1 aliphatic heterocycles. The second kappa shape index (κ2) is 5.43. The standard InChI is InChI=1S/C17H28N2S/c1-16(2)6-3-7-17(13-18,9-8-16)19-10-4-15-14(12-19)5-11-20-15/h5,11H,3-4,6-10,12-13,18H2,1-2H3. The van der Waals surface area contributed by atoms with Crippen molar-refractivity contribution in [1.82, 2.24) is 4.90 Å². The molecule has 0 saturated heterocycles. The van der Waals surface area contributed by atoms with Crippen LogP contribution >= 0.6 is 11.3 Å². The Balaban J connectivity index is 1.79. The Morgan fingerprint density at radius 3 is 2.90 bits per heavy atom. The zero-order valence-corrected chi connectivity index (χ0v) is 13.8. The molecule has 1 atom stereocenters. The number of hydrogen-bond acceptors (Lipinski definition) is 3. The Morgan fingerprint density at radius 1 is 1.25 bits per heavy atom. The van der Waals surface area contributed by atoms with Crippen LogP contribution in [-0.2, 0) is 13.0 Å². The maximum absolute atomic E-state index is 6.28. The molecular formula is C17H28N2S. The molecule has 1 unspecified atom stereocenters. The number of thiophene rings is 1. The predicted octanol–water partition coefficient (Wildman–Crippen LogP) is 3.79. The van der Waals surface area contributed by atoms with E-state index in [0.717, 1.165) is 13.1 Å². The molecule has 1 fully saturated rings. The van der Waals surface area contributed by atoms with E-state index in [1.54, 1.807) is 10.4 Å². The first-order valence-electron chi connectivity index (χ1n) is 8.05. The molecule has 2 aliphatic rings. The van der Waals surface area contributed by atoms with Crippen LogP contribution < -0.4 is 5.73 Å². The van der Waals surface area contributed by atoms with Crippen LogP contribution in [0.15, 0.2) is 11.4 Å². The zero-order chi connectivity index (χ0) is 14.2. The van der Waals surface area contributed by atoms with E-state index in [1.807, 2.05) is 11.3 Å². The average Bonchev–Trinajstić information content (AvgIpc) is 2.83. The highest BCUT2D eigenvalue weighted by molar-refractivity contribution is 7.10. The summed E-state index contributed by atoms with van der Waals surface area (Å²) in [6.07, 6.45) is 7.78. The Labute approximate surface area is 127 Å². The Kier molecular flexibility index (Phi) is 3.95. The van der Waals surface area contributed by atoms with E-state index >= 15 is 0 Å². The van der Waals surface area contributed by atoms with Crippen LogP contribution in [0, 0.1) is 5.41 Å². The molecule has 0 radical (unpaired) electrons. The van der Waals surface area contributed by atoms with Crippen LogP contribution in [0.5, 0.6) is 0 Å². The SMILES string of the molecule is CC1(C)CCCC(CN)(N2CCc3sccc3C2)CC1. The molecule has 1 aromatic heterocycles. The molecule has 112 valence electrons. The van der Waals surface area contributed by atoms with E-state index in [1.165, 1.54) is 45.1 Å². The predicted molar refractivity (Wildman–Crippen MR) is 87.1 cm³/mol. The summed E-state index contributed by atoms with van der Waals surface area (Å²) in [5.74, 6) is 0. The summed E-state index contributed by atoms with van der Waals surface area (Å²) in [5.41, 5.74) is 8.59. The van der Waals surface area contributed by atoms with Crippen molar-refractivity contribution in [3.05, 3.63) is 21.9 Å². The largest absolute Gasteiger partial charge is 0.329 e. The molecule has 2 heterocycles. The van der Waals surface area contributed by atoms with E-state index in [9.17, 15) is 0 Å². The molecular weight excluding hydrogens is 264 g/mol. The fourth-order valence-electron chi connectivity index (χ4n) is 4.02. The van der Waals surface area contributed by atoms with Gasteiger partial charge in [-0.3, -0.25) is 4.90 Å². The van der Waals surface area contributed by atoms with E-state index in [2.05, 4.69) is 30.2 Å². The highest BCUT2D eigenvalue weighted by Gasteiger charge is 2.40. The molecule has 0 bridgehead atoms. The summed E-state index contributed by atoms with van der Waals surface area (Å²) in [6, 6.07) is 2.32. The summed E-state index contributed by atoms with van der Waals surface area (Å²) in [4.78, 5) is 4.31. The van der Waals surface area contributed by atoms with Crippen molar-refractivity contribution < 1.29 is 0 Å². The summed E-state index contributed by atoms with van der Waals surface area (Å²) in [5, 5.41) is 2.25. The molecule has 1 aliphatic carbocycles. The van der Waals surface area contributed by atoms with Crippen molar-refractivity contribution in [2.75, 3.05) is 13.1 Å². The normalized spacial score (nSPS) is 30.8.